The maximum Gasteiger partial charge on any atom is 0.315 e. The fourth-order valence-electron chi connectivity index (χ4n) is 1.90. The number of unbranched alkanes of at least 4 members (excludes halogenated alkanes) is 1. The predicted octanol–water partition coefficient (Wildman–Crippen LogP) is 1.74. The molecule has 0 radical (unpaired) electrons. The van der Waals surface area contributed by atoms with Gasteiger partial charge >= 0.3 is 6.03 Å². The van der Waals surface area contributed by atoms with Gasteiger partial charge in [-0.25, -0.2) is 4.79 Å². The number of carbonyl (C=O) groups is 1. The fourth-order valence-corrected chi connectivity index (χ4v) is 1.90. The summed E-state index contributed by atoms with van der Waals surface area (Å²) in [6.07, 6.45) is 5.41. The van der Waals surface area contributed by atoms with Crippen LogP contribution in [0.3, 0.4) is 0 Å². The van der Waals surface area contributed by atoms with Crippen molar-refractivity contribution in [2.24, 2.45) is 0 Å². The molecule has 0 spiro atoms. The van der Waals surface area contributed by atoms with Crippen LogP contribution < -0.4 is 10.6 Å². The second-order valence-corrected chi connectivity index (χ2v) is 4.77. The molecule has 0 fully saturated rings. The lowest BCUT2D eigenvalue weighted by atomic mass is 10.0. The smallest absolute Gasteiger partial charge is 0.315 e. The molecule has 0 aromatic carbocycles. The van der Waals surface area contributed by atoms with Crippen LogP contribution in [0.5, 0.6) is 0 Å². The summed E-state index contributed by atoms with van der Waals surface area (Å²) in [7, 11) is 2.11. The van der Waals surface area contributed by atoms with Gasteiger partial charge in [-0.05, 0) is 32.4 Å². The topological polar surface area (TPSA) is 44.4 Å². The lowest BCUT2D eigenvalue weighted by Gasteiger charge is -2.26. The molecule has 1 rings (SSSR count). The van der Waals surface area contributed by atoms with Crippen LogP contribution in [-0.4, -0.2) is 43.7 Å². The van der Waals surface area contributed by atoms with Crippen LogP contribution >= 0.6 is 0 Å². The van der Waals surface area contributed by atoms with E-state index in [-0.39, 0.29) is 12.1 Å². The molecule has 0 saturated heterocycles. The lowest BCUT2D eigenvalue weighted by molar-refractivity contribution is 0.238. The van der Waals surface area contributed by atoms with Crippen LogP contribution in [0.15, 0.2) is 11.6 Å². The Labute approximate surface area is 104 Å². The first-order valence-electron chi connectivity index (χ1n) is 6.55. The van der Waals surface area contributed by atoms with E-state index in [2.05, 4.69) is 42.5 Å². The van der Waals surface area contributed by atoms with E-state index < -0.39 is 0 Å². The maximum absolute atomic E-state index is 11.6. The van der Waals surface area contributed by atoms with E-state index in [4.69, 9.17) is 0 Å². The Morgan fingerprint density at radius 3 is 2.94 bits per heavy atom. The molecular weight excluding hydrogens is 214 g/mol. The Morgan fingerprint density at radius 2 is 2.35 bits per heavy atom. The van der Waals surface area contributed by atoms with Crippen molar-refractivity contribution in [3.63, 3.8) is 0 Å². The van der Waals surface area contributed by atoms with Crippen LogP contribution in [0.1, 0.15) is 33.1 Å². The van der Waals surface area contributed by atoms with Crippen molar-refractivity contribution in [3.8, 4) is 0 Å². The van der Waals surface area contributed by atoms with Gasteiger partial charge in [0.1, 0.15) is 0 Å². The van der Waals surface area contributed by atoms with Crippen LogP contribution in [0, 0.1) is 0 Å². The molecule has 1 heterocycles. The molecular formula is C13H25N3O. The van der Waals surface area contributed by atoms with Crippen LogP contribution in [0.2, 0.25) is 0 Å². The third-order valence-electron chi connectivity index (χ3n) is 3.17. The largest absolute Gasteiger partial charge is 0.338 e. The Balaban J connectivity index is 2.28. The van der Waals surface area contributed by atoms with Crippen molar-refractivity contribution in [2.75, 3.05) is 26.7 Å². The maximum atomic E-state index is 11.6. The molecule has 17 heavy (non-hydrogen) atoms. The van der Waals surface area contributed by atoms with Gasteiger partial charge in [-0.3, -0.25) is 0 Å². The minimum Gasteiger partial charge on any atom is -0.338 e. The number of nitrogens with one attached hydrogen (secondary N) is 2. The molecule has 98 valence electrons. The van der Waals surface area contributed by atoms with Gasteiger partial charge in [0.15, 0.2) is 0 Å². The fraction of sp³-hybridized carbons (Fsp3) is 0.769. The summed E-state index contributed by atoms with van der Waals surface area (Å²) in [5.41, 5.74) is 1.34. The molecule has 1 aliphatic heterocycles. The van der Waals surface area contributed by atoms with Gasteiger partial charge in [-0.15, -0.1) is 0 Å². The molecule has 1 aliphatic rings. The summed E-state index contributed by atoms with van der Waals surface area (Å²) in [6, 6.07) is 0.0936. The highest BCUT2D eigenvalue weighted by atomic mass is 16.2. The van der Waals surface area contributed by atoms with Crippen LogP contribution in [0.25, 0.3) is 0 Å². The van der Waals surface area contributed by atoms with Gasteiger partial charge in [0, 0.05) is 25.7 Å². The monoisotopic (exact) mass is 239 g/mol. The first-order chi connectivity index (χ1) is 8.13. The lowest BCUT2D eigenvalue weighted by Crippen LogP contribution is -2.43. The standard InChI is InChI=1S/C13H25N3O/c1-4-5-8-14-13(17)15-11(2)12-6-9-16(3)10-7-12/h6,11H,4-5,7-10H2,1-3H3,(H2,14,15,17)/t11-/m1/s1. The summed E-state index contributed by atoms with van der Waals surface area (Å²) < 4.78 is 0. The number of carbonyl (C=O) groups excluding carboxylic acids is 1. The summed E-state index contributed by atoms with van der Waals surface area (Å²) in [5, 5.41) is 5.86. The molecule has 4 nitrogen and oxygen atoms in total. The molecule has 1 atom stereocenters. The van der Waals surface area contributed by atoms with E-state index in [1.54, 1.807) is 0 Å². The first kappa shape index (κ1) is 14.0. The summed E-state index contributed by atoms with van der Waals surface area (Å²) in [5.74, 6) is 0. The zero-order valence-corrected chi connectivity index (χ0v) is 11.3. The quantitative estimate of drug-likeness (QED) is 0.567. The molecule has 2 amide bonds. The third kappa shape index (κ3) is 5.22. The van der Waals surface area contributed by atoms with E-state index in [0.717, 1.165) is 38.9 Å². The highest BCUT2D eigenvalue weighted by molar-refractivity contribution is 5.74. The van der Waals surface area contributed by atoms with Gasteiger partial charge < -0.3 is 15.5 Å². The van der Waals surface area contributed by atoms with Gasteiger partial charge in [-0.1, -0.05) is 19.4 Å². The van der Waals surface area contributed by atoms with Gasteiger partial charge in [-0.2, -0.15) is 0 Å². The van der Waals surface area contributed by atoms with Crippen molar-refractivity contribution < 1.29 is 4.79 Å². The van der Waals surface area contributed by atoms with Crippen LogP contribution in [-0.2, 0) is 0 Å². The predicted molar refractivity (Wildman–Crippen MR) is 71.1 cm³/mol. The van der Waals surface area contributed by atoms with E-state index in [0.29, 0.717) is 0 Å². The van der Waals surface area contributed by atoms with Crippen molar-refractivity contribution >= 4 is 6.03 Å². The number of amides is 2. The number of rotatable bonds is 5. The molecule has 0 aromatic rings. The molecule has 2 N–H and O–H groups in total. The second-order valence-electron chi connectivity index (χ2n) is 4.77. The molecule has 0 bridgehead atoms. The normalized spacial score (nSPS) is 18.4. The van der Waals surface area contributed by atoms with Crippen molar-refractivity contribution in [1.82, 2.24) is 15.5 Å². The second kappa shape index (κ2) is 7.33. The number of urea groups is 1. The van der Waals surface area contributed by atoms with E-state index in [1.807, 2.05) is 0 Å². The molecule has 0 aliphatic carbocycles. The zero-order valence-electron chi connectivity index (χ0n) is 11.3. The average Bonchev–Trinajstić information content (AvgIpc) is 2.30. The molecule has 0 unspecified atom stereocenters. The van der Waals surface area contributed by atoms with E-state index in [9.17, 15) is 4.79 Å². The summed E-state index contributed by atoms with van der Waals surface area (Å²) in [4.78, 5) is 13.9. The van der Waals surface area contributed by atoms with E-state index >= 15 is 0 Å². The average molecular weight is 239 g/mol. The summed E-state index contributed by atoms with van der Waals surface area (Å²) >= 11 is 0. The number of nitrogens with zero attached hydrogens (tertiary/aromatic N) is 1. The molecule has 0 aromatic heterocycles. The Hall–Kier alpha value is -1.03. The minimum atomic E-state index is -0.0502. The van der Waals surface area contributed by atoms with Crippen molar-refractivity contribution in [1.29, 1.82) is 0 Å². The Kier molecular flexibility index (Phi) is 6.05. The van der Waals surface area contributed by atoms with Gasteiger partial charge in [0.05, 0.1) is 0 Å². The zero-order chi connectivity index (χ0) is 12.7. The van der Waals surface area contributed by atoms with Crippen molar-refractivity contribution in [2.45, 2.75) is 39.2 Å². The Bertz CT molecular complexity index is 276. The third-order valence-corrected chi connectivity index (χ3v) is 3.17. The molecule has 4 heteroatoms. The highest BCUT2D eigenvalue weighted by Crippen LogP contribution is 2.12. The number of hydrogen-bond donors (Lipinski definition) is 2. The van der Waals surface area contributed by atoms with Crippen molar-refractivity contribution in [3.05, 3.63) is 11.6 Å². The summed E-state index contributed by atoms with van der Waals surface area (Å²) in [6.45, 7) is 6.99. The first-order valence-corrected chi connectivity index (χ1v) is 6.55. The highest BCUT2D eigenvalue weighted by Gasteiger charge is 2.15. The number of hydrogen-bond acceptors (Lipinski definition) is 2. The van der Waals surface area contributed by atoms with Gasteiger partial charge in [0.2, 0.25) is 0 Å². The number of likely N-dealkylation sites (N-methyl/N-ethyl adjacent to an activating group) is 1. The Morgan fingerprint density at radius 1 is 1.59 bits per heavy atom. The molecule has 0 saturated carbocycles. The van der Waals surface area contributed by atoms with E-state index in [1.165, 1.54) is 5.57 Å². The SMILES string of the molecule is CCCCNC(=O)N[C@H](C)C1=CCN(C)CC1. The van der Waals surface area contributed by atoms with Gasteiger partial charge in [0.25, 0.3) is 0 Å². The minimum absolute atomic E-state index is 0.0502. The van der Waals surface area contributed by atoms with Crippen LogP contribution in [0.4, 0.5) is 4.79 Å².